The molecule has 0 amide bonds. The van der Waals surface area contributed by atoms with Crippen molar-refractivity contribution in [2.75, 3.05) is 0 Å². The van der Waals surface area contributed by atoms with E-state index in [4.69, 9.17) is 4.74 Å². The van der Waals surface area contributed by atoms with Crippen LogP contribution in [0.2, 0.25) is 0 Å². The third kappa shape index (κ3) is 2.90. The number of carbonyl (C=O) groups is 2. The number of ether oxygens (including phenoxy) is 1. The van der Waals surface area contributed by atoms with Gasteiger partial charge >= 0.3 is 5.97 Å². The lowest BCUT2D eigenvalue weighted by Gasteiger charge is -2.55. The van der Waals surface area contributed by atoms with Crippen molar-refractivity contribution in [3.63, 3.8) is 0 Å². The molecule has 1 atom stereocenters. The van der Waals surface area contributed by atoms with E-state index in [1.807, 2.05) is 61.5 Å². The second-order valence-corrected chi connectivity index (χ2v) is 11.2. The van der Waals surface area contributed by atoms with Crippen molar-refractivity contribution in [1.29, 1.82) is 0 Å². The standard InChI is InChI=1S/C30H29NO3/c1-17-24(29(33)34-30-14-18-11-19(15-30)13-20(12-18)16-30)25(21-7-3-2-4-8-21)26-27(31-17)22-9-5-6-10-23(22)28(26)32/h2-10,18-20,25,31H,11-16H2,1H3/t18?,19?,20?,25-,30?/m1/s1. The fraction of sp³-hybridized carbons (Fsp3) is 0.400. The van der Waals surface area contributed by atoms with Gasteiger partial charge in [0.05, 0.1) is 11.3 Å². The summed E-state index contributed by atoms with van der Waals surface area (Å²) in [5, 5.41) is 3.44. The van der Waals surface area contributed by atoms with Gasteiger partial charge in [0.2, 0.25) is 0 Å². The first-order valence-electron chi connectivity index (χ1n) is 12.7. The zero-order chi connectivity index (χ0) is 23.0. The minimum atomic E-state index is -0.432. The zero-order valence-electron chi connectivity index (χ0n) is 19.5. The van der Waals surface area contributed by atoms with Crippen molar-refractivity contribution in [3.05, 3.63) is 88.1 Å². The van der Waals surface area contributed by atoms with E-state index < -0.39 is 5.92 Å². The molecule has 0 unspecified atom stereocenters. The predicted octanol–water partition coefficient (Wildman–Crippen LogP) is 5.77. The molecule has 5 aliphatic carbocycles. The monoisotopic (exact) mass is 451 g/mol. The van der Waals surface area contributed by atoms with Crippen molar-refractivity contribution in [2.24, 2.45) is 17.8 Å². The maximum Gasteiger partial charge on any atom is 0.337 e. The molecule has 0 spiro atoms. The molecule has 172 valence electrons. The van der Waals surface area contributed by atoms with E-state index in [-0.39, 0.29) is 17.4 Å². The van der Waals surface area contributed by atoms with Crippen molar-refractivity contribution < 1.29 is 14.3 Å². The Morgan fingerprint density at radius 2 is 1.47 bits per heavy atom. The third-order valence-electron chi connectivity index (χ3n) is 8.89. The van der Waals surface area contributed by atoms with Crippen molar-refractivity contribution in [3.8, 4) is 0 Å². The van der Waals surface area contributed by atoms with E-state index in [1.54, 1.807) is 0 Å². The number of esters is 1. The normalized spacial score (nSPS) is 33.0. The van der Waals surface area contributed by atoms with Crippen LogP contribution in [0.5, 0.6) is 0 Å². The van der Waals surface area contributed by atoms with Crippen LogP contribution < -0.4 is 5.32 Å². The molecule has 0 aromatic heterocycles. The average Bonchev–Trinajstić information content (AvgIpc) is 3.09. The second kappa shape index (κ2) is 7.18. The lowest BCUT2D eigenvalue weighted by atomic mass is 9.54. The number of ketones is 1. The average molecular weight is 452 g/mol. The summed E-state index contributed by atoms with van der Waals surface area (Å²) in [6.07, 6.45) is 6.90. The number of benzene rings is 2. The summed E-state index contributed by atoms with van der Waals surface area (Å²) in [6.45, 7) is 1.95. The molecular formula is C30H29NO3. The van der Waals surface area contributed by atoms with E-state index in [0.29, 0.717) is 34.5 Å². The van der Waals surface area contributed by atoms with Crippen molar-refractivity contribution >= 4 is 17.4 Å². The molecule has 4 nitrogen and oxygen atoms in total. The molecule has 4 fully saturated rings. The maximum atomic E-state index is 14.0. The quantitative estimate of drug-likeness (QED) is 0.602. The molecule has 0 saturated heterocycles. The van der Waals surface area contributed by atoms with Gasteiger partial charge in [-0.3, -0.25) is 4.79 Å². The minimum Gasteiger partial charge on any atom is -0.456 e. The second-order valence-electron chi connectivity index (χ2n) is 11.2. The predicted molar refractivity (Wildman–Crippen MR) is 130 cm³/mol. The molecule has 0 radical (unpaired) electrons. The van der Waals surface area contributed by atoms with Gasteiger partial charge in [0.1, 0.15) is 5.60 Å². The Balaban J connectivity index is 1.30. The van der Waals surface area contributed by atoms with E-state index >= 15 is 0 Å². The largest absolute Gasteiger partial charge is 0.456 e. The number of dihydropyridines is 1. The van der Waals surface area contributed by atoms with Crippen molar-refractivity contribution in [1.82, 2.24) is 5.32 Å². The Labute approximate surface area is 200 Å². The first-order chi connectivity index (χ1) is 16.5. The van der Waals surface area contributed by atoms with Gasteiger partial charge in [-0.2, -0.15) is 0 Å². The Hall–Kier alpha value is -3.14. The number of hydrogen-bond acceptors (Lipinski definition) is 4. The molecule has 4 heteroatoms. The van der Waals surface area contributed by atoms with Crippen LogP contribution in [0.3, 0.4) is 0 Å². The van der Waals surface area contributed by atoms with Crippen LogP contribution >= 0.6 is 0 Å². The van der Waals surface area contributed by atoms with E-state index in [1.165, 1.54) is 19.3 Å². The highest BCUT2D eigenvalue weighted by molar-refractivity contribution is 6.23. The van der Waals surface area contributed by atoms with Gasteiger partial charge in [-0.1, -0.05) is 54.6 Å². The lowest BCUT2D eigenvalue weighted by molar-refractivity contribution is -0.182. The highest BCUT2D eigenvalue weighted by Gasteiger charge is 2.54. The summed E-state index contributed by atoms with van der Waals surface area (Å²) in [4.78, 5) is 27.6. The van der Waals surface area contributed by atoms with Crippen LogP contribution in [0.4, 0.5) is 0 Å². The van der Waals surface area contributed by atoms with Gasteiger partial charge in [-0.05, 0) is 68.8 Å². The molecule has 1 aliphatic heterocycles. The fourth-order valence-corrected chi connectivity index (χ4v) is 7.99. The van der Waals surface area contributed by atoms with Crippen LogP contribution in [0, 0.1) is 17.8 Å². The highest BCUT2D eigenvalue weighted by Crippen LogP contribution is 2.57. The lowest BCUT2D eigenvalue weighted by Crippen LogP contribution is -2.53. The van der Waals surface area contributed by atoms with Crippen LogP contribution in [-0.2, 0) is 9.53 Å². The third-order valence-corrected chi connectivity index (χ3v) is 8.89. The van der Waals surface area contributed by atoms with Gasteiger partial charge < -0.3 is 10.1 Å². The van der Waals surface area contributed by atoms with Gasteiger partial charge in [0, 0.05) is 28.3 Å². The number of fused-ring (bicyclic) bond motifs is 2. The van der Waals surface area contributed by atoms with Gasteiger partial charge in [-0.15, -0.1) is 0 Å². The number of rotatable bonds is 3. The summed E-state index contributed by atoms with van der Waals surface area (Å²) in [5.74, 6) is 1.41. The summed E-state index contributed by atoms with van der Waals surface area (Å²) >= 11 is 0. The Morgan fingerprint density at radius 3 is 2.12 bits per heavy atom. The number of Topliss-reactive ketones (excluding diaryl/α,β-unsaturated/α-hetero) is 1. The fourth-order valence-electron chi connectivity index (χ4n) is 7.99. The number of hydrogen-bond donors (Lipinski definition) is 1. The van der Waals surface area contributed by atoms with Gasteiger partial charge in [0.25, 0.3) is 0 Å². The maximum absolute atomic E-state index is 14.0. The molecule has 1 heterocycles. The smallest absolute Gasteiger partial charge is 0.337 e. The summed E-state index contributed by atoms with van der Waals surface area (Å²) < 4.78 is 6.50. The topological polar surface area (TPSA) is 55.4 Å². The molecule has 2 aromatic carbocycles. The Morgan fingerprint density at radius 1 is 0.882 bits per heavy atom. The Kier molecular flexibility index (Phi) is 4.28. The molecule has 34 heavy (non-hydrogen) atoms. The summed E-state index contributed by atoms with van der Waals surface area (Å²) in [5.41, 5.74) is 5.11. The molecular weight excluding hydrogens is 422 g/mol. The molecule has 6 aliphatic rings. The Bertz CT molecular complexity index is 1250. The van der Waals surface area contributed by atoms with Crippen LogP contribution in [0.1, 0.15) is 72.9 Å². The van der Waals surface area contributed by atoms with Crippen LogP contribution in [0.15, 0.2) is 71.4 Å². The molecule has 8 rings (SSSR count). The summed E-state index contributed by atoms with van der Waals surface area (Å²) in [6, 6.07) is 17.7. The first kappa shape index (κ1) is 20.3. The number of nitrogens with one attached hydrogen (secondary N) is 1. The molecule has 4 bridgehead atoms. The molecule has 2 aromatic rings. The zero-order valence-corrected chi connectivity index (χ0v) is 19.5. The number of allylic oxidation sites excluding steroid dienone is 2. The van der Waals surface area contributed by atoms with Crippen LogP contribution in [0.25, 0.3) is 5.70 Å². The number of carbonyl (C=O) groups excluding carboxylic acids is 2. The molecule has 1 N–H and O–H groups in total. The first-order valence-corrected chi connectivity index (χ1v) is 12.7. The van der Waals surface area contributed by atoms with Gasteiger partial charge in [0.15, 0.2) is 5.78 Å². The SMILES string of the molecule is CC1=C(C(=O)OC23CC4CC(CC(C4)C2)C3)[C@@H](c2ccccc2)C2=C(N1)c1ccccc1C2=O. The summed E-state index contributed by atoms with van der Waals surface area (Å²) in [7, 11) is 0. The van der Waals surface area contributed by atoms with E-state index in [0.717, 1.165) is 41.8 Å². The molecule has 4 saturated carbocycles. The van der Waals surface area contributed by atoms with Crippen molar-refractivity contribution in [2.45, 2.75) is 57.0 Å². The van der Waals surface area contributed by atoms with Crippen LogP contribution in [-0.4, -0.2) is 17.4 Å². The van der Waals surface area contributed by atoms with Gasteiger partial charge in [-0.25, -0.2) is 4.79 Å². The van der Waals surface area contributed by atoms with E-state index in [9.17, 15) is 9.59 Å². The minimum absolute atomic E-state index is 0.000410. The van der Waals surface area contributed by atoms with E-state index in [2.05, 4.69) is 5.32 Å². The highest BCUT2D eigenvalue weighted by atomic mass is 16.6.